The van der Waals surface area contributed by atoms with E-state index in [1.165, 1.54) is 0 Å². The Morgan fingerprint density at radius 1 is 1.38 bits per heavy atom. The molecule has 1 aliphatic heterocycles. The van der Waals surface area contributed by atoms with Gasteiger partial charge in [0.2, 0.25) is 0 Å². The largest absolute Gasteiger partial charge is 0.371 e. The zero-order valence-corrected chi connectivity index (χ0v) is 14.1. The minimum atomic E-state index is -0.226. The van der Waals surface area contributed by atoms with Crippen LogP contribution in [0.1, 0.15) is 31.9 Å². The normalized spacial score (nSPS) is 20.3. The van der Waals surface area contributed by atoms with Crippen LogP contribution < -0.4 is 10.6 Å². The van der Waals surface area contributed by atoms with Gasteiger partial charge in [-0.1, -0.05) is 44.2 Å². The maximum Gasteiger partial charge on any atom is 0.319 e. The second-order valence-corrected chi connectivity index (χ2v) is 6.54. The predicted molar refractivity (Wildman–Crippen MR) is 92.8 cm³/mol. The first-order valence-corrected chi connectivity index (χ1v) is 8.38. The van der Waals surface area contributed by atoms with Crippen LogP contribution in [-0.4, -0.2) is 28.5 Å². The highest BCUT2D eigenvalue weighted by atomic mass is 16.5. The van der Waals surface area contributed by atoms with Crippen LogP contribution in [0.15, 0.2) is 42.7 Å². The van der Waals surface area contributed by atoms with E-state index in [0.717, 1.165) is 18.5 Å². The molecular weight excluding hydrogens is 304 g/mol. The number of carbonyl (C=O) groups is 1. The van der Waals surface area contributed by atoms with Gasteiger partial charge in [0.15, 0.2) is 0 Å². The molecule has 1 fully saturated rings. The Hall–Kier alpha value is -2.34. The first kappa shape index (κ1) is 16.5. The SMILES string of the molecule is CC(C)Cn1cc(NC(=O)N[C@H]2CCO[C@H]2c2ccccc2)cn1. The summed E-state index contributed by atoms with van der Waals surface area (Å²) < 4.78 is 7.63. The first-order valence-electron chi connectivity index (χ1n) is 8.38. The maximum absolute atomic E-state index is 12.3. The summed E-state index contributed by atoms with van der Waals surface area (Å²) in [5.74, 6) is 0.508. The molecule has 2 N–H and O–H groups in total. The van der Waals surface area contributed by atoms with E-state index >= 15 is 0 Å². The van der Waals surface area contributed by atoms with Crippen molar-refractivity contribution in [2.75, 3.05) is 11.9 Å². The highest BCUT2D eigenvalue weighted by molar-refractivity contribution is 5.89. The quantitative estimate of drug-likeness (QED) is 0.886. The zero-order valence-electron chi connectivity index (χ0n) is 14.1. The van der Waals surface area contributed by atoms with Gasteiger partial charge in [-0.3, -0.25) is 4.68 Å². The van der Waals surface area contributed by atoms with Crippen LogP contribution in [-0.2, 0) is 11.3 Å². The fraction of sp³-hybridized carbons (Fsp3) is 0.444. The van der Waals surface area contributed by atoms with Gasteiger partial charge in [-0.05, 0) is 17.9 Å². The van der Waals surface area contributed by atoms with Gasteiger partial charge < -0.3 is 15.4 Å². The Morgan fingerprint density at radius 2 is 2.17 bits per heavy atom. The summed E-state index contributed by atoms with van der Waals surface area (Å²) in [5, 5.41) is 10.1. The topological polar surface area (TPSA) is 68.2 Å². The Morgan fingerprint density at radius 3 is 2.92 bits per heavy atom. The molecule has 1 aliphatic rings. The molecule has 24 heavy (non-hydrogen) atoms. The number of nitrogens with one attached hydrogen (secondary N) is 2. The van der Waals surface area contributed by atoms with Gasteiger partial charge >= 0.3 is 6.03 Å². The molecule has 0 radical (unpaired) electrons. The van der Waals surface area contributed by atoms with Crippen LogP contribution >= 0.6 is 0 Å². The number of carbonyl (C=O) groups excluding carboxylic acids is 1. The van der Waals surface area contributed by atoms with E-state index in [4.69, 9.17) is 4.74 Å². The fourth-order valence-corrected chi connectivity index (χ4v) is 2.95. The van der Waals surface area contributed by atoms with Crippen molar-refractivity contribution in [2.45, 2.75) is 39.0 Å². The molecule has 2 atom stereocenters. The van der Waals surface area contributed by atoms with Crippen LogP contribution in [0, 0.1) is 5.92 Å². The third kappa shape index (κ3) is 4.14. The number of amides is 2. The number of anilines is 1. The Kier molecular flexibility index (Phi) is 5.15. The molecule has 0 bridgehead atoms. The number of rotatable bonds is 5. The van der Waals surface area contributed by atoms with Crippen LogP contribution in [0.4, 0.5) is 10.5 Å². The summed E-state index contributed by atoms with van der Waals surface area (Å²) >= 11 is 0. The Labute approximate surface area is 142 Å². The van der Waals surface area contributed by atoms with Gasteiger partial charge in [0.25, 0.3) is 0 Å². The van der Waals surface area contributed by atoms with Crippen molar-refractivity contribution in [3.8, 4) is 0 Å². The molecule has 2 aromatic rings. The standard InChI is InChI=1S/C18H24N4O2/c1-13(2)11-22-12-15(10-19-22)20-18(23)21-16-8-9-24-17(16)14-6-4-3-5-7-14/h3-7,10,12-13,16-17H,8-9,11H2,1-2H3,(H2,20,21,23)/t16-,17-/m0/s1. The molecule has 0 spiro atoms. The lowest BCUT2D eigenvalue weighted by atomic mass is 10.0. The molecule has 6 nitrogen and oxygen atoms in total. The van der Waals surface area contributed by atoms with Gasteiger partial charge in [0.1, 0.15) is 6.10 Å². The van der Waals surface area contributed by atoms with E-state index in [-0.39, 0.29) is 18.2 Å². The average molecular weight is 328 g/mol. The maximum atomic E-state index is 12.3. The lowest BCUT2D eigenvalue weighted by molar-refractivity contribution is 0.100. The summed E-state index contributed by atoms with van der Waals surface area (Å²) in [6.45, 7) is 5.74. The van der Waals surface area contributed by atoms with E-state index in [1.807, 2.05) is 41.2 Å². The van der Waals surface area contributed by atoms with Crippen molar-refractivity contribution in [1.82, 2.24) is 15.1 Å². The highest BCUT2D eigenvalue weighted by Crippen LogP contribution is 2.28. The van der Waals surface area contributed by atoms with Crippen molar-refractivity contribution in [3.63, 3.8) is 0 Å². The third-order valence-corrected chi connectivity index (χ3v) is 3.98. The number of urea groups is 1. The molecule has 2 heterocycles. The molecular formula is C18H24N4O2. The third-order valence-electron chi connectivity index (χ3n) is 3.98. The molecule has 1 aromatic carbocycles. The number of ether oxygens (including phenoxy) is 1. The van der Waals surface area contributed by atoms with Gasteiger partial charge in [-0.15, -0.1) is 0 Å². The van der Waals surface area contributed by atoms with Crippen molar-refractivity contribution >= 4 is 11.7 Å². The molecule has 6 heteroatoms. The summed E-state index contributed by atoms with van der Waals surface area (Å²) in [7, 11) is 0. The monoisotopic (exact) mass is 328 g/mol. The molecule has 128 valence electrons. The number of benzene rings is 1. The summed E-state index contributed by atoms with van der Waals surface area (Å²) in [6.07, 6.45) is 4.22. The number of hydrogen-bond donors (Lipinski definition) is 2. The summed E-state index contributed by atoms with van der Waals surface area (Å²) in [4.78, 5) is 12.3. The first-order chi connectivity index (χ1) is 11.6. The molecule has 0 aliphatic carbocycles. The minimum absolute atomic E-state index is 0.0295. The smallest absolute Gasteiger partial charge is 0.319 e. The number of nitrogens with zero attached hydrogens (tertiary/aromatic N) is 2. The highest BCUT2D eigenvalue weighted by Gasteiger charge is 2.30. The van der Waals surface area contributed by atoms with Gasteiger partial charge in [0.05, 0.1) is 17.9 Å². The lowest BCUT2D eigenvalue weighted by Gasteiger charge is -2.20. The van der Waals surface area contributed by atoms with Crippen LogP contribution in [0.25, 0.3) is 0 Å². The lowest BCUT2D eigenvalue weighted by Crippen LogP contribution is -2.39. The van der Waals surface area contributed by atoms with E-state index in [1.54, 1.807) is 6.20 Å². The van der Waals surface area contributed by atoms with E-state index in [0.29, 0.717) is 18.2 Å². The van der Waals surface area contributed by atoms with Crippen molar-refractivity contribution in [2.24, 2.45) is 5.92 Å². The zero-order chi connectivity index (χ0) is 16.9. The molecule has 1 aromatic heterocycles. The minimum Gasteiger partial charge on any atom is -0.371 e. The van der Waals surface area contributed by atoms with Crippen molar-refractivity contribution in [1.29, 1.82) is 0 Å². The molecule has 0 saturated carbocycles. The average Bonchev–Trinajstić information content (AvgIpc) is 3.17. The molecule has 1 saturated heterocycles. The van der Waals surface area contributed by atoms with Crippen molar-refractivity contribution in [3.05, 3.63) is 48.3 Å². The number of hydrogen-bond acceptors (Lipinski definition) is 3. The molecule has 3 rings (SSSR count). The summed E-state index contributed by atoms with van der Waals surface area (Å²) in [6, 6.07) is 9.74. The van der Waals surface area contributed by atoms with Crippen LogP contribution in [0.3, 0.4) is 0 Å². The second-order valence-electron chi connectivity index (χ2n) is 6.54. The van der Waals surface area contributed by atoms with E-state index < -0.39 is 0 Å². The predicted octanol–water partition coefficient (Wildman–Crippen LogP) is 3.19. The Balaban J connectivity index is 1.57. The Bertz CT molecular complexity index is 669. The second kappa shape index (κ2) is 7.49. The van der Waals surface area contributed by atoms with Crippen molar-refractivity contribution < 1.29 is 9.53 Å². The van der Waals surface area contributed by atoms with E-state index in [2.05, 4.69) is 29.6 Å². The van der Waals surface area contributed by atoms with Gasteiger partial charge in [-0.25, -0.2) is 4.79 Å². The number of aromatic nitrogens is 2. The van der Waals surface area contributed by atoms with Gasteiger partial charge in [0, 0.05) is 19.3 Å². The molecule has 2 amide bonds. The summed E-state index contributed by atoms with van der Waals surface area (Å²) in [5.41, 5.74) is 1.79. The van der Waals surface area contributed by atoms with Crippen LogP contribution in [0.2, 0.25) is 0 Å². The molecule has 0 unspecified atom stereocenters. The fourth-order valence-electron chi connectivity index (χ4n) is 2.95. The van der Waals surface area contributed by atoms with Crippen LogP contribution in [0.5, 0.6) is 0 Å². The van der Waals surface area contributed by atoms with E-state index in [9.17, 15) is 4.79 Å². The van der Waals surface area contributed by atoms with Gasteiger partial charge in [-0.2, -0.15) is 5.10 Å².